The first-order valence-electron chi connectivity index (χ1n) is 5.59. The van der Waals surface area contributed by atoms with Crippen LogP contribution in [0.1, 0.15) is 19.1 Å². The Morgan fingerprint density at radius 3 is 3.12 bits per heavy atom. The van der Waals surface area contributed by atoms with Gasteiger partial charge in [-0.2, -0.15) is 0 Å². The van der Waals surface area contributed by atoms with E-state index in [1.54, 1.807) is 24.4 Å². The summed E-state index contributed by atoms with van der Waals surface area (Å²) in [6.07, 6.45) is 4.35. The molecule has 0 fully saturated rings. The van der Waals surface area contributed by atoms with E-state index in [2.05, 4.69) is 22.2 Å². The highest BCUT2D eigenvalue weighted by Gasteiger charge is 2.01. The van der Waals surface area contributed by atoms with Gasteiger partial charge >= 0.3 is 0 Å². The molecule has 2 aromatic rings. The predicted molar refractivity (Wildman–Crippen MR) is 69.1 cm³/mol. The third-order valence-electron chi connectivity index (χ3n) is 2.14. The number of rotatable bonds is 6. The topological polar surface area (TPSA) is 51.0 Å². The fourth-order valence-corrected chi connectivity index (χ4v) is 2.08. The standard InChI is InChI=1S/C12H15N3OS/c1-2-5-13-11-7-12(15-9-14-11)17-8-10-4-3-6-16-10/h3-4,6-7,9H,2,5,8H2,1H3,(H,13,14,15). The van der Waals surface area contributed by atoms with Gasteiger partial charge in [0.1, 0.15) is 22.9 Å². The lowest BCUT2D eigenvalue weighted by molar-refractivity contribution is 0.530. The molecular formula is C12H15N3OS. The smallest absolute Gasteiger partial charge is 0.130 e. The molecule has 1 N–H and O–H groups in total. The molecule has 0 radical (unpaired) electrons. The van der Waals surface area contributed by atoms with Gasteiger partial charge in [0.2, 0.25) is 0 Å². The van der Waals surface area contributed by atoms with E-state index in [1.165, 1.54) is 0 Å². The molecule has 0 unspecified atom stereocenters. The van der Waals surface area contributed by atoms with Gasteiger partial charge in [-0.25, -0.2) is 9.97 Å². The summed E-state index contributed by atoms with van der Waals surface area (Å²) in [5, 5.41) is 4.19. The van der Waals surface area contributed by atoms with Crippen LogP contribution in [0.4, 0.5) is 5.82 Å². The monoisotopic (exact) mass is 249 g/mol. The molecule has 5 heteroatoms. The lowest BCUT2D eigenvalue weighted by Gasteiger charge is -2.04. The molecule has 0 aromatic carbocycles. The second-order valence-electron chi connectivity index (χ2n) is 3.54. The van der Waals surface area contributed by atoms with E-state index in [4.69, 9.17) is 4.42 Å². The van der Waals surface area contributed by atoms with Gasteiger partial charge in [0.15, 0.2) is 0 Å². The highest BCUT2D eigenvalue weighted by atomic mass is 32.2. The quantitative estimate of drug-likeness (QED) is 0.629. The number of anilines is 1. The Balaban J connectivity index is 1.91. The van der Waals surface area contributed by atoms with Crippen molar-refractivity contribution in [1.82, 2.24) is 9.97 Å². The molecule has 2 heterocycles. The van der Waals surface area contributed by atoms with E-state index >= 15 is 0 Å². The van der Waals surface area contributed by atoms with Gasteiger partial charge in [-0.1, -0.05) is 18.7 Å². The maximum atomic E-state index is 5.27. The zero-order valence-electron chi connectivity index (χ0n) is 9.72. The van der Waals surface area contributed by atoms with Crippen molar-refractivity contribution in [3.05, 3.63) is 36.5 Å². The molecule has 0 saturated carbocycles. The summed E-state index contributed by atoms with van der Waals surface area (Å²) in [5.41, 5.74) is 0. The average Bonchev–Trinajstić information content (AvgIpc) is 2.87. The van der Waals surface area contributed by atoms with Gasteiger partial charge in [-0.3, -0.25) is 0 Å². The normalized spacial score (nSPS) is 10.4. The SMILES string of the molecule is CCCNc1cc(SCc2ccco2)ncn1. The molecule has 0 aliphatic rings. The minimum Gasteiger partial charge on any atom is -0.468 e. The van der Waals surface area contributed by atoms with Crippen molar-refractivity contribution >= 4 is 17.6 Å². The zero-order chi connectivity index (χ0) is 11.9. The second-order valence-corrected chi connectivity index (χ2v) is 4.53. The van der Waals surface area contributed by atoms with Gasteiger partial charge in [-0.15, -0.1) is 0 Å². The second kappa shape index (κ2) is 6.30. The number of thioether (sulfide) groups is 1. The van der Waals surface area contributed by atoms with E-state index in [0.29, 0.717) is 0 Å². The summed E-state index contributed by atoms with van der Waals surface area (Å²) in [6.45, 7) is 3.06. The third kappa shape index (κ3) is 3.78. The van der Waals surface area contributed by atoms with Gasteiger partial charge in [-0.05, 0) is 18.6 Å². The van der Waals surface area contributed by atoms with Crippen LogP contribution >= 0.6 is 11.8 Å². The highest BCUT2D eigenvalue weighted by Crippen LogP contribution is 2.22. The molecule has 0 bridgehead atoms. The Morgan fingerprint density at radius 2 is 2.35 bits per heavy atom. The van der Waals surface area contributed by atoms with Crippen LogP contribution in [0.25, 0.3) is 0 Å². The summed E-state index contributed by atoms with van der Waals surface area (Å²) >= 11 is 1.64. The van der Waals surface area contributed by atoms with E-state index < -0.39 is 0 Å². The molecule has 0 saturated heterocycles. The molecule has 0 amide bonds. The molecule has 2 aromatic heterocycles. The van der Waals surface area contributed by atoms with Gasteiger partial charge < -0.3 is 9.73 Å². The molecule has 17 heavy (non-hydrogen) atoms. The first-order valence-corrected chi connectivity index (χ1v) is 6.58. The summed E-state index contributed by atoms with van der Waals surface area (Å²) in [4.78, 5) is 8.38. The summed E-state index contributed by atoms with van der Waals surface area (Å²) in [7, 11) is 0. The molecule has 4 nitrogen and oxygen atoms in total. The van der Waals surface area contributed by atoms with Gasteiger partial charge in [0.25, 0.3) is 0 Å². The van der Waals surface area contributed by atoms with Crippen LogP contribution in [0.2, 0.25) is 0 Å². The van der Waals surface area contributed by atoms with Crippen molar-refractivity contribution in [2.75, 3.05) is 11.9 Å². The first-order chi connectivity index (χ1) is 8.38. The van der Waals surface area contributed by atoms with E-state index in [9.17, 15) is 0 Å². The van der Waals surface area contributed by atoms with E-state index in [-0.39, 0.29) is 0 Å². The largest absolute Gasteiger partial charge is 0.468 e. The zero-order valence-corrected chi connectivity index (χ0v) is 10.5. The Labute approximate surface area is 105 Å². The highest BCUT2D eigenvalue weighted by molar-refractivity contribution is 7.98. The Hall–Kier alpha value is -1.49. The van der Waals surface area contributed by atoms with E-state index in [0.717, 1.165) is 35.3 Å². The average molecular weight is 249 g/mol. The third-order valence-corrected chi connectivity index (χ3v) is 3.09. The number of hydrogen-bond donors (Lipinski definition) is 1. The summed E-state index contributed by atoms with van der Waals surface area (Å²) < 4.78 is 5.27. The molecule has 0 aliphatic carbocycles. The van der Waals surface area contributed by atoms with Gasteiger partial charge in [0.05, 0.1) is 12.0 Å². The first kappa shape index (κ1) is 12.0. The molecule has 90 valence electrons. The van der Waals surface area contributed by atoms with Crippen molar-refractivity contribution in [2.45, 2.75) is 24.1 Å². The van der Waals surface area contributed by atoms with Crippen LogP contribution in [0, 0.1) is 0 Å². The maximum Gasteiger partial charge on any atom is 0.130 e. The van der Waals surface area contributed by atoms with E-state index in [1.807, 2.05) is 18.2 Å². The van der Waals surface area contributed by atoms with Crippen molar-refractivity contribution in [2.24, 2.45) is 0 Å². The van der Waals surface area contributed by atoms with Crippen LogP contribution in [0.5, 0.6) is 0 Å². The Kier molecular flexibility index (Phi) is 4.44. The maximum absolute atomic E-state index is 5.27. The predicted octanol–water partition coefficient (Wildman–Crippen LogP) is 3.18. The fraction of sp³-hybridized carbons (Fsp3) is 0.333. The van der Waals surface area contributed by atoms with Gasteiger partial charge in [0, 0.05) is 12.6 Å². The van der Waals surface area contributed by atoms with Crippen LogP contribution < -0.4 is 5.32 Å². The molecular weight excluding hydrogens is 234 g/mol. The van der Waals surface area contributed by atoms with Crippen LogP contribution in [-0.4, -0.2) is 16.5 Å². The number of nitrogens with one attached hydrogen (secondary N) is 1. The molecule has 0 atom stereocenters. The number of furan rings is 1. The lowest BCUT2D eigenvalue weighted by atomic mass is 10.4. The minimum atomic E-state index is 0.789. The number of aromatic nitrogens is 2. The fourth-order valence-electron chi connectivity index (χ4n) is 1.31. The van der Waals surface area contributed by atoms with Crippen LogP contribution in [-0.2, 0) is 5.75 Å². The minimum absolute atomic E-state index is 0.789. The Bertz CT molecular complexity index is 445. The number of hydrogen-bond acceptors (Lipinski definition) is 5. The van der Waals surface area contributed by atoms with Crippen molar-refractivity contribution in [1.29, 1.82) is 0 Å². The summed E-state index contributed by atoms with van der Waals surface area (Å²) in [5.74, 6) is 2.62. The summed E-state index contributed by atoms with van der Waals surface area (Å²) in [6, 6.07) is 5.82. The molecule has 0 spiro atoms. The van der Waals surface area contributed by atoms with Crippen molar-refractivity contribution in [3.8, 4) is 0 Å². The Morgan fingerprint density at radius 1 is 1.41 bits per heavy atom. The molecule has 0 aliphatic heterocycles. The number of nitrogens with zero attached hydrogens (tertiary/aromatic N) is 2. The lowest BCUT2D eigenvalue weighted by Crippen LogP contribution is -2.02. The molecule has 2 rings (SSSR count). The van der Waals surface area contributed by atoms with Crippen molar-refractivity contribution in [3.63, 3.8) is 0 Å². The van der Waals surface area contributed by atoms with Crippen LogP contribution in [0.15, 0.2) is 40.2 Å². The van der Waals surface area contributed by atoms with Crippen LogP contribution in [0.3, 0.4) is 0 Å². The van der Waals surface area contributed by atoms with Crippen molar-refractivity contribution < 1.29 is 4.42 Å².